The van der Waals surface area contributed by atoms with Gasteiger partial charge in [-0.2, -0.15) is 0 Å². The van der Waals surface area contributed by atoms with Crippen molar-refractivity contribution in [2.24, 2.45) is 0 Å². The van der Waals surface area contributed by atoms with E-state index in [9.17, 15) is 4.39 Å². The molecule has 0 aliphatic heterocycles. The molecule has 2 N–H and O–H groups in total. The number of hydrogen-bond acceptors (Lipinski definition) is 3. The van der Waals surface area contributed by atoms with Crippen molar-refractivity contribution in [2.75, 3.05) is 19.8 Å². The predicted octanol–water partition coefficient (Wildman–Crippen LogP) is 1.70. The van der Waals surface area contributed by atoms with Gasteiger partial charge < -0.3 is 15.2 Å². The highest BCUT2D eigenvalue weighted by Gasteiger charge is 2.08. The first-order chi connectivity index (χ1) is 7.79. The molecule has 0 aromatic heterocycles. The lowest BCUT2D eigenvalue weighted by Crippen LogP contribution is -2.15. The Morgan fingerprint density at radius 3 is 2.94 bits per heavy atom. The van der Waals surface area contributed by atoms with Crippen LogP contribution in [0.4, 0.5) is 4.39 Å². The predicted molar refractivity (Wildman–Crippen MR) is 61.0 cm³/mol. The first-order valence-corrected chi connectivity index (χ1v) is 5.51. The van der Waals surface area contributed by atoms with Crippen molar-refractivity contribution in [3.8, 4) is 5.75 Å². The molecule has 0 spiro atoms. The molecule has 16 heavy (non-hydrogen) atoms. The molecular weight excluding hydrogens is 209 g/mol. The van der Waals surface area contributed by atoms with E-state index >= 15 is 0 Å². The van der Waals surface area contributed by atoms with E-state index in [4.69, 9.17) is 9.84 Å². The summed E-state index contributed by atoms with van der Waals surface area (Å²) in [5, 5.41) is 11.8. The molecule has 3 nitrogen and oxygen atoms in total. The molecule has 0 radical (unpaired) electrons. The zero-order valence-electron chi connectivity index (χ0n) is 9.50. The number of aliphatic hydroxyl groups excluding tert-OH is 1. The fourth-order valence-electron chi connectivity index (χ4n) is 1.40. The lowest BCUT2D eigenvalue weighted by Gasteiger charge is -2.12. The van der Waals surface area contributed by atoms with E-state index in [1.807, 2.05) is 6.07 Å². The number of ether oxygens (including phenoxy) is 1. The van der Waals surface area contributed by atoms with Gasteiger partial charge in [0.25, 0.3) is 0 Å². The van der Waals surface area contributed by atoms with E-state index in [1.165, 1.54) is 6.07 Å². The van der Waals surface area contributed by atoms with Gasteiger partial charge in [0.15, 0.2) is 11.6 Å². The zero-order chi connectivity index (χ0) is 11.8. The molecule has 0 heterocycles. The zero-order valence-corrected chi connectivity index (χ0v) is 9.50. The van der Waals surface area contributed by atoms with Crippen molar-refractivity contribution in [1.82, 2.24) is 5.32 Å². The van der Waals surface area contributed by atoms with Crippen LogP contribution < -0.4 is 10.1 Å². The van der Waals surface area contributed by atoms with Crippen LogP contribution in [-0.2, 0) is 6.54 Å². The number of benzene rings is 1. The second kappa shape index (κ2) is 7.19. The van der Waals surface area contributed by atoms with E-state index < -0.39 is 0 Å². The highest BCUT2D eigenvalue weighted by molar-refractivity contribution is 5.34. The molecule has 1 aromatic rings. The molecule has 0 fully saturated rings. The van der Waals surface area contributed by atoms with Gasteiger partial charge in [-0.25, -0.2) is 4.39 Å². The minimum absolute atomic E-state index is 0.113. The Morgan fingerprint density at radius 1 is 1.44 bits per heavy atom. The quantitative estimate of drug-likeness (QED) is 0.697. The number of para-hydroxylation sites is 1. The Bertz CT molecular complexity index is 318. The van der Waals surface area contributed by atoms with Crippen LogP contribution in [-0.4, -0.2) is 24.9 Å². The summed E-state index contributed by atoms with van der Waals surface area (Å²) in [7, 11) is 0. The van der Waals surface area contributed by atoms with Crippen molar-refractivity contribution in [3.63, 3.8) is 0 Å². The molecule has 0 atom stereocenters. The van der Waals surface area contributed by atoms with Gasteiger partial charge in [-0.1, -0.05) is 19.1 Å². The van der Waals surface area contributed by atoms with E-state index in [2.05, 4.69) is 12.2 Å². The van der Waals surface area contributed by atoms with Crippen molar-refractivity contribution in [3.05, 3.63) is 29.6 Å². The van der Waals surface area contributed by atoms with Crippen molar-refractivity contribution in [1.29, 1.82) is 0 Å². The van der Waals surface area contributed by atoms with Crippen molar-refractivity contribution < 1.29 is 14.2 Å². The second-order valence-corrected chi connectivity index (χ2v) is 3.48. The molecule has 0 amide bonds. The van der Waals surface area contributed by atoms with Gasteiger partial charge in [0.2, 0.25) is 0 Å². The highest BCUT2D eigenvalue weighted by Crippen LogP contribution is 2.22. The summed E-state index contributed by atoms with van der Waals surface area (Å²) in [6.07, 6.45) is 1.03. The van der Waals surface area contributed by atoms with E-state index in [0.29, 0.717) is 6.54 Å². The van der Waals surface area contributed by atoms with Gasteiger partial charge in [-0.3, -0.25) is 0 Å². The van der Waals surface area contributed by atoms with Gasteiger partial charge in [0.1, 0.15) is 6.61 Å². The minimum atomic E-state index is -0.385. The molecule has 4 heteroatoms. The Morgan fingerprint density at radius 2 is 2.25 bits per heavy atom. The standard InChI is InChI=1S/C12H18FNO2/c1-2-6-14-9-10-4-3-5-11(13)12(10)16-8-7-15/h3-5,14-15H,2,6-9H2,1H3. The smallest absolute Gasteiger partial charge is 0.165 e. The van der Waals surface area contributed by atoms with Crippen LogP contribution in [0.15, 0.2) is 18.2 Å². The van der Waals surface area contributed by atoms with Crippen LogP contribution in [0.5, 0.6) is 5.75 Å². The summed E-state index contributed by atoms with van der Waals surface area (Å²) in [6, 6.07) is 4.83. The Balaban J connectivity index is 2.68. The summed E-state index contributed by atoms with van der Waals surface area (Å²) in [5.41, 5.74) is 0.780. The Hall–Kier alpha value is -1.13. The number of halogens is 1. The number of hydrogen-bond donors (Lipinski definition) is 2. The van der Waals surface area contributed by atoms with Crippen LogP contribution in [0.3, 0.4) is 0 Å². The number of nitrogens with one attached hydrogen (secondary N) is 1. The SMILES string of the molecule is CCCNCc1cccc(F)c1OCCO. The van der Waals surface area contributed by atoms with Crippen LogP contribution in [0.1, 0.15) is 18.9 Å². The maximum Gasteiger partial charge on any atom is 0.165 e. The Labute approximate surface area is 95.2 Å². The molecule has 1 aromatic carbocycles. The monoisotopic (exact) mass is 227 g/mol. The maximum atomic E-state index is 13.4. The average molecular weight is 227 g/mol. The van der Waals surface area contributed by atoms with Crippen LogP contribution in [0, 0.1) is 5.82 Å². The third kappa shape index (κ3) is 3.79. The molecule has 1 rings (SSSR count). The summed E-state index contributed by atoms with van der Waals surface area (Å²) in [4.78, 5) is 0. The fourth-order valence-corrected chi connectivity index (χ4v) is 1.40. The summed E-state index contributed by atoms with van der Waals surface area (Å²) in [5.74, 6) is -0.149. The average Bonchev–Trinajstić information content (AvgIpc) is 2.28. The van der Waals surface area contributed by atoms with Gasteiger partial charge in [0, 0.05) is 12.1 Å². The topological polar surface area (TPSA) is 41.5 Å². The molecule has 0 unspecified atom stereocenters. The van der Waals surface area contributed by atoms with Crippen LogP contribution in [0.25, 0.3) is 0 Å². The van der Waals surface area contributed by atoms with Gasteiger partial charge in [-0.15, -0.1) is 0 Å². The largest absolute Gasteiger partial charge is 0.488 e. The molecular formula is C12H18FNO2. The van der Waals surface area contributed by atoms with Gasteiger partial charge in [0.05, 0.1) is 6.61 Å². The van der Waals surface area contributed by atoms with Gasteiger partial charge >= 0.3 is 0 Å². The molecule has 0 aliphatic rings. The summed E-state index contributed by atoms with van der Waals surface area (Å²) >= 11 is 0. The maximum absolute atomic E-state index is 13.4. The minimum Gasteiger partial charge on any atom is -0.488 e. The third-order valence-corrected chi connectivity index (χ3v) is 2.13. The number of aliphatic hydroxyl groups is 1. The molecule has 0 aliphatic carbocycles. The number of rotatable bonds is 7. The fraction of sp³-hybridized carbons (Fsp3) is 0.500. The van der Waals surface area contributed by atoms with Crippen LogP contribution >= 0.6 is 0 Å². The summed E-state index contributed by atoms with van der Waals surface area (Å²) < 4.78 is 18.6. The Kier molecular flexibility index (Phi) is 5.82. The molecule has 0 saturated heterocycles. The van der Waals surface area contributed by atoms with Gasteiger partial charge in [-0.05, 0) is 19.0 Å². The van der Waals surface area contributed by atoms with Crippen LogP contribution in [0.2, 0.25) is 0 Å². The van der Waals surface area contributed by atoms with E-state index in [0.717, 1.165) is 18.5 Å². The highest BCUT2D eigenvalue weighted by atomic mass is 19.1. The second-order valence-electron chi connectivity index (χ2n) is 3.48. The first kappa shape index (κ1) is 12.9. The normalized spacial score (nSPS) is 10.4. The van der Waals surface area contributed by atoms with E-state index in [-0.39, 0.29) is 24.8 Å². The summed E-state index contributed by atoms with van der Waals surface area (Å²) in [6.45, 7) is 3.53. The third-order valence-electron chi connectivity index (χ3n) is 2.13. The molecule has 0 bridgehead atoms. The van der Waals surface area contributed by atoms with Crippen molar-refractivity contribution >= 4 is 0 Å². The van der Waals surface area contributed by atoms with Crippen molar-refractivity contribution in [2.45, 2.75) is 19.9 Å². The lowest BCUT2D eigenvalue weighted by atomic mass is 10.2. The molecule has 90 valence electrons. The molecule has 0 saturated carbocycles. The lowest BCUT2D eigenvalue weighted by molar-refractivity contribution is 0.195. The first-order valence-electron chi connectivity index (χ1n) is 5.51. The van der Waals surface area contributed by atoms with E-state index in [1.54, 1.807) is 6.07 Å².